The first-order chi connectivity index (χ1) is 12.6. The van der Waals surface area contributed by atoms with E-state index in [1.54, 1.807) is 7.11 Å². The van der Waals surface area contributed by atoms with E-state index in [2.05, 4.69) is 52.8 Å². The van der Waals surface area contributed by atoms with Gasteiger partial charge in [0, 0.05) is 26.2 Å². The van der Waals surface area contributed by atoms with Crippen molar-refractivity contribution < 1.29 is 9.53 Å². The molecule has 2 aliphatic heterocycles. The van der Waals surface area contributed by atoms with Crippen molar-refractivity contribution in [3.05, 3.63) is 35.9 Å². The van der Waals surface area contributed by atoms with Gasteiger partial charge < -0.3 is 15.4 Å². The molecule has 0 aromatic heterocycles. The number of rotatable bonds is 7. The summed E-state index contributed by atoms with van der Waals surface area (Å²) < 4.78 is 5.40. The minimum Gasteiger partial charge on any atom is -0.384 e. The normalized spacial score (nSPS) is 23.4. The van der Waals surface area contributed by atoms with Crippen molar-refractivity contribution in [3.8, 4) is 0 Å². The summed E-state index contributed by atoms with van der Waals surface area (Å²) >= 11 is 0. The molecule has 2 aliphatic rings. The predicted octanol–water partition coefficient (Wildman–Crippen LogP) is 2.45. The van der Waals surface area contributed by atoms with Crippen LogP contribution in [-0.2, 0) is 16.1 Å². The fraction of sp³-hybridized carbons (Fsp3) is 0.667. The molecule has 1 aromatic carbocycles. The molecule has 2 atom stereocenters. The number of hydrogen-bond acceptors (Lipinski definition) is 4. The molecule has 1 amide bonds. The standard InChI is InChI=1S/C21H33N3O2.ClH/c1-17(23-20(25)21(16-26-2)9-11-22-12-10-21)19-8-13-24(15-19)14-18-6-4-3-5-7-18;/h3-7,17,19,22H,8-16H2,1-2H3,(H,23,25);1H. The van der Waals surface area contributed by atoms with Crippen LogP contribution in [0.3, 0.4) is 0 Å². The highest BCUT2D eigenvalue weighted by Gasteiger charge is 2.41. The third kappa shape index (κ3) is 5.67. The zero-order valence-corrected chi connectivity index (χ0v) is 17.4. The van der Waals surface area contributed by atoms with Crippen molar-refractivity contribution in [2.75, 3.05) is 39.9 Å². The Morgan fingerprint density at radius 2 is 2.04 bits per heavy atom. The molecular weight excluding hydrogens is 362 g/mol. The first kappa shape index (κ1) is 22.2. The number of carbonyl (C=O) groups excluding carboxylic acids is 1. The third-order valence-corrected chi connectivity index (χ3v) is 6.09. The maximum atomic E-state index is 13.0. The lowest BCUT2D eigenvalue weighted by atomic mass is 9.78. The highest BCUT2D eigenvalue weighted by atomic mass is 35.5. The number of amides is 1. The smallest absolute Gasteiger partial charge is 0.228 e. The molecule has 27 heavy (non-hydrogen) atoms. The molecule has 3 rings (SSSR count). The maximum absolute atomic E-state index is 13.0. The highest BCUT2D eigenvalue weighted by Crippen LogP contribution is 2.30. The Hall–Kier alpha value is -1.14. The van der Waals surface area contributed by atoms with Crippen molar-refractivity contribution in [2.45, 2.75) is 38.8 Å². The molecule has 5 nitrogen and oxygen atoms in total. The fourth-order valence-corrected chi connectivity index (χ4v) is 4.35. The monoisotopic (exact) mass is 395 g/mol. The first-order valence-electron chi connectivity index (χ1n) is 9.90. The number of ether oxygens (including phenoxy) is 1. The maximum Gasteiger partial charge on any atom is 0.228 e. The molecule has 1 aromatic rings. The highest BCUT2D eigenvalue weighted by molar-refractivity contribution is 5.85. The molecular formula is C21H34ClN3O2. The Morgan fingerprint density at radius 3 is 2.70 bits per heavy atom. The molecule has 0 saturated carbocycles. The summed E-state index contributed by atoms with van der Waals surface area (Å²) in [6.07, 6.45) is 2.85. The van der Waals surface area contributed by atoms with Gasteiger partial charge in [-0.25, -0.2) is 0 Å². The van der Waals surface area contributed by atoms with Crippen molar-refractivity contribution in [1.29, 1.82) is 0 Å². The number of halogens is 1. The molecule has 2 unspecified atom stereocenters. The van der Waals surface area contributed by atoms with Crippen LogP contribution in [0.1, 0.15) is 31.7 Å². The van der Waals surface area contributed by atoms with Gasteiger partial charge in [-0.2, -0.15) is 0 Å². The number of hydrogen-bond donors (Lipinski definition) is 2. The van der Waals surface area contributed by atoms with Gasteiger partial charge in [0.1, 0.15) is 0 Å². The van der Waals surface area contributed by atoms with Gasteiger partial charge in [-0.1, -0.05) is 30.3 Å². The van der Waals surface area contributed by atoms with Gasteiger partial charge in [-0.15, -0.1) is 12.4 Å². The zero-order valence-electron chi connectivity index (χ0n) is 16.6. The lowest BCUT2D eigenvalue weighted by molar-refractivity contribution is -0.137. The van der Waals surface area contributed by atoms with Crippen molar-refractivity contribution in [1.82, 2.24) is 15.5 Å². The number of methoxy groups -OCH3 is 1. The summed E-state index contributed by atoms with van der Waals surface area (Å²) in [7, 11) is 1.69. The van der Waals surface area contributed by atoms with Crippen LogP contribution in [-0.4, -0.2) is 56.7 Å². The average molecular weight is 396 g/mol. The second kappa shape index (κ2) is 10.4. The summed E-state index contributed by atoms with van der Waals surface area (Å²) in [5.41, 5.74) is 0.995. The van der Waals surface area contributed by atoms with E-state index in [1.165, 1.54) is 5.56 Å². The second-order valence-electron chi connectivity index (χ2n) is 7.99. The summed E-state index contributed by atoms with van der Waals surface area (Å²) in [4.78, 5) is 15.5. The summed E-state index contributed by atoms with van der Waals surface area (Å²) in [5, 5.41) is 6.68. The van der Waals surface area contributed by atoms with E-state index in [9.17, 15) is 4.79 Å². The van der Waals surface area contributed by atoms with Crippen LogP contribution in [0.5, 0.6) is 0 Å². The lowest BCUT2D eigenvalue weighted by Crippen LogP contribution is -2.53. The van der Waals surface area contributed by atoms with E-state index < -0.39 is 0 Å². The van der Waals surface area contributed by atoms with E-state index in [-0.39, 0.29) is 29.8 Å². The van der Waals surface area contributed by atoms with Crippen molar-refractivity contribution in [2.24, 2.45) is 11.3 Å². The lowest BCUT2D eigenvalue weighted by Gasteiger charge is -2.37. The molecule has 152 valence electrons. The van der Waals surface area contributed by atoms with Gasteiger partial charge in [0.25, 0.3) is 0 Å². The molecule has 0 spiro atoms. The Morgan fingerprint density at radius 1 is 1.33 bits per heavy atom. The molecule has 6 heteroatoms. The van der Waals surface area contributed by atoms with Crippen LogP contribution in [0.25, 0.3) is 0 Å². The molecule has 0 aliphatic carbocycles. The van der Waals surface area contributed by atoms with E-state index in [0.717, 1.165) is 52.0 Å². The number of carbonyl (C=O) groups is 1. The molecule has 2 fully saturated rings. The second-order valence-corrected chi connectivity index (χ2v) is 7.99. The first-order valence-corrected chi connectivity index (χ1v) is 9.90. The van der Waals surface area contributed by atoms with E-state index in [4.69, 9.17) is 4.74 Å². The van der Waals surface area contributed by atoms with Crippen molar-refractivity contribution in [3.63, 3.8) is 0 Å². The number of nitrogens with zero attached hydrogens (tertiary/aromatic N) is 1. The minimum atomic E-state index is -0.364. The Balaban J connectivity index is 0.00000261. The largest absolute Gasteiger partial charge is 0.384 e. The van der Waals surface area contributed by atoms with Crippen LogP contribution < -0.4 is 10.6 Å². The summed E-state index contributed by atoms with van der Waals surface area (Å²) in [6.45, 7) is 7.60. The number of benzene rings is 1. The van der Waals surface area contributed by atoms with E-state index in [1.807, 2.05) is 0 Å². The topological polar surface area (TPSA) is 53.6 Å². The van der Waals surface area contributed by atoms with Gasteiger partial charge in [0.05, 0.1) is 12.0 Å². The van der Waals surface area contributed by atoms with Gasteiger partial charge in [-0.3, -0.25) is 9.69 Å². The Kier molecular flexibility index (Phi) is 8.55. The molecule has 2 saturated heterocycles. The van der Waals surface area contributed by atoms with Gasteiger partial charge in [0.2, 0.25) is 5.91 Å². The molecule has 2 heterocycles. The molecule has 0 radical (unpaired) electrons. The SMILES string of the molecule is COCC1(C(=O)NC(C)C2CCN(Cc3ccccc3)C2)CCNCC1.Cl. The molecule has 2 N–H and O–H groups in total. The van der Waals surface area contributed by atoms with Crippen LogP contribution in [0, 0.1) is 11.3 Å². The Bertz CT molecular complexity index is 573. The number of likely N-dealkylation sites (tertiary alicyclic amines) is 1. The van der Waals surface area contributed by atoms with E-state index >= 15 is 0 Å². The third-order valence-electron chi connectivity index (χ3n) is 6.09. The van der Waals surface area contributed by atoms with Gasteiger partial charge >= 0.3 is 0 Å². The summed E-state index contributed by atoms with van der Waals surface area (Å²) in [6, 6.07) is 10.8. The van der Waals surface area contributed by atoms with E-state index in [0.29, 0.717) is 12.5 Å². The van der Waals surface area contributed by atoms with Crippen LogP contribution in [0.15, 0.2) is 30.3 Å². The fourth-order valence-electron chi connectivity index (χ4n) is 4.35. The molecule has 0 bridgehead atoms. The zero-order chi connectivity index (χ0) is 18.4. The van der Waals surface area contributed by atoms with Crippen LogP contribution in [0.4, 0.5) is 0 Å². The average Bonchev–Trinajstić information content (AvgIpc) is 3.12. The minimum absolute atomic E-state index is 0. The predicted molar refractivity (Wildman–Crippen MR) is 111 cm³/mol. The van der Waals surface area contributed by atoms with Crippen LogP contribution in [0.2, 0.25) is 0 Å². The van der Waals surface area contributed by atoms with Gasteiger partial charge in [-0.05, 0) is 57.3 Å². The summed E-state index contributed by atoms with van der Waals surface area (Å²) in [5.74, 6) is 0.693. The van der Waals surface area contributed by atoms with Gasteiger partial charge in [0.15, 0.2) is 0 Å². The van der Waals surface area contributed by atoms with Crippen molar-refractivity contribution >= 4 is 18.3 Å². The number of nitrogens with one attached hydrogen (secondary N) is 2. The quantitative estimate of drug-likeness (QED) is 0.744. The Labute approximate surface area is 169 Å². The van der Waals surface area contributed by atoms with Crippen LogP contribution >= 0.6 is 12.4 Å². The number of piperidine rings is 1.